The summed E-state index contributed by atoms with van der Waals surface area (Å²) >= 11 is 0. The zero-order chi connectivity index (χ0) is 19.8. The van der Waals surface area contributed by atoms with Crippen LogP contribution in [-0.4, -0.2) is 49.6 Å². The van der Waals surface area contributed by atoms with Crippen LogP contribution < -0.4 is 5.32 Å². The molecule has 0 saturated carbocycles. The molecule has 0 radical (unpaired) electrons. The lowest BCUT2D eigenvalue weighted by atomic mass is 9.99. The van der Waals surface area contributed by atoms with Crippen LogP contribution in [-0.2, 0) is 20.7 Å². The molecule has 5 heteroatoms. The van der Waals surface area contributed by atoms with Gasteiger partial charge in [0.15, 0.2) is 0 Å². The number of hydrogen-bond donors (Lipinski definition) is 1. The van der Waals surface area contributed by atoms with Crippen LogP contribution in [0.4, 0.5) is 0 Å². The molecule has 5 nitrogen and oxygen atoms in total. The largest absolute Gasteiger partial charge is 0.467 e. The van der Waals surface area contributed by atoms with Gasteiger partial charge in [-0.05, 0) is 23.1 Å². The van der Waals surface area contributed by atoms with Crippen LogP contribution in [0.2, 0.25) is 0 Å². The summed E-state index contributed by atoms with van der Waals surface area (Å²) in [5, 5.41) is 2.83. The first-order chi connectivity index (χ1) is 13.7. The maximum atomic E-state index is 12.5. The number of benzene rings is 2. The lowest BCUT2D eigenvalue weighted by Gasteiger charge is -2.26. The topological polar surface area (TPSA) is 58.6 Å². The van der Waals surface area contributed by atoms with E-state index in [1.807, 2.05) is 48.5 Å². The Bertz CT molecular complexity index is 818. The van der Waals surface area contributed by atoms with Crippen LogP contribution in [0.5, 0.6) is 0 Å². The van der Waals surface area contributed by atoms with Crippen LogP contribution in [0.3, 0.4) is 0 Å². The van der Waals surface area contributed by atoms with E-state index < -0.39 is 12.0 Å². The van der Waals surface area contributed by atoms with Crippen molar-refractivity contribution in [2.75, 3.05) is 26.7 Å². The summed E-state index contributed by atoms with van der Waals surface area (Å²) in [6, 6.07) is 19.2. The molecule has 1 amide bonds. The quantitative estimate of drug-likeness (QED) is 0.753. The summed E-state index contributed by atoms with van der Waals surface area (Å²) in [4.78, 5) is 26.7. The number of carbonyl (C=O) groups excluding carboxylic acids is 2. The summed E-state index contributed by atoms with van der Waals surface area (Å²) in [5.74, 6) is -0.593. The highest BCUT2D eigenvalue weighted by atomic mass is 16.5. The van der Waals surface area contributed by atoms with Crippen molar-refractivity contribution >= 4 is 17.4 Å². The van der Waals surface area contributed by atoms with Gasteiger partial charge in [-0.2, -0.15) is 0 Å². The van der Waals surface area contributed by atoms with Gasteiger partial charge in [0, 0.05) is 19.5 Å². The first-order valence-electron chi connectivity index (χ1n) is 9.53. The Kier molecular flexibility index (Phi) is 6.98. The van der Waals surface area contributed by atoms with Crippen molar-refractivity contribution in [2.45, 2.75) is 18.9 Å². The van der Waals surface area contributed by atoms with Gasteiger partial charge in [-0.3, -0.25) is 9.69 Å². The maximum Gasteiger partial charge on any atom is 0.328 e. The molecule has 1 N–H and O–H groups in total. The number of ether oxygens (including phenoxy) is 1. The molecule has 0 saturated heterocycles. The Morgan fingerprint density at radius 2 is 1.75 bits per heavy atom. The monoisotopic (exact) mass is 378 g/mol. The Labute approximate surface area is 166 Å². The molecule has 3 rings (SSSR count). The molecule has 0 fully saturated rings. The number of rotatable bonds is 7. The summed E-state index contributed by atoms with van der Waals surface area (Å²) in [6.45, 7) is 1.80. The van der Waals surface area contributed by atoms with Crippen molar-refractivity contribution < 1.29 is 14.3 Å². The first kappa shape index (κ1) is 19.8. The zero-order valence-corrected chi connectivity index (χ0v) is 16.1. The Hall–Kier alpha value is -2.92. The Balaban J connectivity index is 1.55. The highest BCUT2D eigenvalue weighted by Gasteiger charge is 2.23. The minimum absolute atomic E-state index is 0.164. The van der Waals surface area contributed by atoms with Gasteiger partial charge >= 0.3 is 5.97 Å². The van der Waals surface area contributed by atoms with E-state index in [0.29, 0.717) is 6.42 Å². The van der Waals surface area contributed by atoms with E-state index >= 15 is 0 Å². The molecule has 146 valence electrons. The van der Waals surface area contributed by atoms with Crippen LogP contribution in [0.15, 0.2) is 66.7 Å². The van der Waals surface area contributed by atoms with Gasteiger partial charge < -0.3 is 10.1 Å². The number of hydrogen-bond acceptors (Lipinski definition) is 4. The summed E-state index contributed by atoms with van der Waals surface area (Å²) in [7, 11) is 1.34. The predicted molar refractivity (Wildman–Crippen MR) is 110 cm³/mol. The third-order valence-corrected chi connectivity index (χ3v) is 4.91. The number of amides is 1. The molecular weight excluding hydrogens is 352 g/mol. The molecule has 1 heterocycles. The molecule has 2 aromatic carbocycles. The second-order valence-electron chi connectivity index (χ2n) is 6.91. The third kappa shape index (κ3) is 5.54. The van der Waals surface area contributed by atoms with Gasteiger partial charge in [0.1, 0.15) is 6.04 Å². The Morgan fingerprint density at radius 3 is 2.36 bits per heavy atom. The highest BCUT2D eigenvalue weighted by molar-refractivity contribution is 5.85. The molecule has 1 atom stereocenters. The van der Waals surface area contributed by atoms with Gasteiger partial charge in [-0.1, -0.05) is 66.7 Å². The standard InChI is InChI=1S/C23H26N2O3/c1-28-23(27)21(16-18-8-4-2-5-9-18)24-22(26)17-25-14-12-20(13-15-25)19-10-6-3-7-11-19/h2-12,21H,13-17H2,1H3,(H,24,26)/t21-/m1/s1. The maximum absolute atomic E-state index is 12.5. The number of esters is 1. The van der Waals surface area contributed by atoms with Crippen molar-refractivity contribution in [3.8, 4) is 0 Å². The molecule has 28 heavy (non-hydrogen) atoms. The fraction of sp³-hybridized carbons (Fsp3) is 0.304. The van der Waals surface area contributed by atoms with Crippen LogP contribution in [0.1, 0.15) is 17.5 Å². The van der Waals surface area contributed by atoms with Gasteiger partial charge in [-0.25, -0.2) is 4.79 Å². The fourth-order valence-electron chi connectivity index (χ4n) is 3.40. The van der Waals surface area contributed by atoms with Crippen molar-refractivity contribution in [3.05, 3.63) is 77.9 Å². The fourth-order valence-corrected chi connectivity index (χ4v) is 3.40. The predicted octanol–water partition coefficient (Wildman–Crippen LogP) is 2.68. The normalized spacial score (nSPS) is 15.4. The molecule has 1 aliphatic rings. The van der Waals surface area contributed by atoms with Crippen molar-refractivity contribution in [1.82, 2.24) is 10.2 Å². The molecule has 2 aromatic rings. The summed E-state index contributed by atoms with van der Waals surface area (Å²) in [5.41, 5.74) is 3.53. The van der Waals surface area contributed by atoms with Gasteiger partial charge in [-0.15, -0.1) is 0 Å². The molecule has 0 bridgehead atoms. The minimum Gasteiger partial charge on any atom is -0.467 e. The Morgan fingerprint density at radius 1 is 1.07 bits per heavy atom. The molecule has 1 aliphatic heterocycles. The van der Waals surface area contributed by atoms with Crippen molar-refractivity contribution in [2.24, 2.45) is 0 Å². The smallest absolute Gasteiger partial charge is 0.328 e. The summed E-state index contributed by atoms with van der Waals surface area (Å²) in [6.07, 6.45) is 3.49. The molecule has 0 aliphatic carbocycles. The lowest BCUT2D eigenvalue weighted by Crippen LogP contribution is -2.47. The van der Waals surface area contributed by atoms with Crippen LogP contribution in [0.25, 0.3) is 5.57 Å². The van der Waals surface area contributed by atoms with E-state index in [0.717, 1.165) is 25.1 Å². The number of nitrogens with zero attached hydrogens (tertiary/aromatic N) is 1. The molecule has 0 spiro atoms. The van der Waals surface area contributed by atoms with E-state index in [-0.39, 0.29) is 12.5 Å². The number of nitrogens with one attached hydrogen (secondary N) is 1. The lowest BCUT2D eigenvalue weighted by molar-refractivity contribution is -0.145. The van der Waals surface area contributed by atoms with Crippen molar-refractivity contribution in [3.63, 3.8) is 0 Å². The SMILES string of the molecule is COC(=O)[C@@H](Cc1ccccc1)NC(=O)CN1CC=C(c2ccccc2)CC1. The molecule has 0 aromatic heterocycles. The average Bonchev–Trinajstić information content (AvgIpc) is 2.74. The first-order valence-corrected chi connectivity index (χ1v) is 9.53. The van der Waals surface area contributed by atoms with E-state index in [1.54, 1.807) is 0 Å². The second-order valence-corrected chi connectivity index (χ2v) is 6.91. The summed E-state index contributed by atoms with van der Waals surface area (Å²) < 4.78 is 4.86. The van der Waals surface area contributed by atoms with Gasteiger partial charge in [0.05, 0.1) is 13.7 Å². The molecule has 0 unspecified atom stereocenters. The molecular formula is C23H26N2O3. The number of carbonyl (C=O) groups is 2. The van der Waals surface area contributed by atoms with Crippen molar-refractivity contribution in [1.29, 1.82) is 0 Å². The van der Waals surface area contributed by atoms with Gasteiger partial charge in [0.2, 0.25) is 5.91 Å². The zero-order valence-electron chi connectivity index (χ0n) is 16.1. The van der Waals surface area contributed by atoms with Crippen LogP contribution in [0, 0.1) is 0 Å². The van der Waals surface area contributed by atoms with E-state index in [4.69, 9.17) is 4.74 Å². The second kappa shape index (κ2) is 9.85. The van der Waals surface area contributed by atoms with Crippen LogP contribution >= 0.6 is 0 Å². The average molecular weight is 378 g/mol. The minimum atomic E-state index is -0.680. The third-order valence-electron chi connectivity index (χ3n) is 4.91. The van der Waals surface area contributed by atoms with E-state index in [1.165, 1.54) is 18.2 Å². The highest BCUT2D eigenvalue weighted by Crippen LogP contribution is 2.21. The van der Waals surface area contributed by atoms with E-state index in [9.17, 15) is 9.59 Å². The van der Waals surface area contributed by atoms with Gasteiger partial charge in [0.25, 0.3) is 0 Å². The number of methoxy groups -OCH3 is 1. The van der Waals surface area contributed by atoms with E-state index in [2.05, 4.69) is 28.4 Å².